The van der Waals surface area contributed by atoms with Gasteiger partial charge in [0.15, 0.2) is 5.96 Å². The van der Waals surface area contributed by atoms with Gasteiger partial charge in [-0.3, -0.25) is 4.99 Å². The predicted molar refractivity (Wildman–Crippen MR) is 133 cm³/mol. The molecule has 2 N–H and O–H groups in total. The number of para-hydroxylation sites is 2. The molecule has 0 spiro atoms. The number of ether oxygens (including phenoxy) is 1. The van der Waals surface area contributed by atoms with Crippen molar-refractivity contribution in [1.29, 1.82) is 0 Å². The van der Waals surface area contributed by atoms with Crippen LogP contribution in [0.4, 0.5) is 5.69 Å². The van der Waals surface area contributed by atoms with Gasteiger partial charge in [0.25, 0.3) is 0 Å². The molecule has 2 atom stereocenters. The topological polar surface area (TPSA) is 74.9 Å². The Labute approximate surface area is 196 Å². The third-order valence-corrected chi connectivity index (χ3v) is 5.40. The number of guanidine groups is 1. The van der Waals surface area contributed by atoms with E-state index in [1.54, 1.807) is 7.11 Å². The number of methoxy groups -OCH3 is 1. The summed E-state index contributed by atoms with van der Waals surface area (Å²) in [7, 11) is 1.72. The van der Waals surface area contributed by atoms with E-state index in [4.69, 9.17) is 14.3 Å². The van der Waals surface area contributed by atoms with Gasteiger partial charge in [0.2, 0.25) is 0 Å². The second-order valence-electron chi connectivity index (χ2n) is 7.61. The number of halogens is 1. The number of anilines is 1. The molecule has 166 valence electrons. The van der Waals surface area contributed by atoms with Crippen molar-refractivity contribution < 1.29 is 9.26 Å². The van der Waals surface area contributed by atoms with Crippen molar-refractivity contribution in [3.05, 3.63) is 41.3 Å². The predicted octanol–water partition coefficient (Wildman–Crippen LogP) is 3.86. The SMILES string of the molecule is CCNC(=NCC(C)c1c(C)noc1C)NC1CCN(c2ccccc2OC)C1.I. The smallest absolute Gasteiger partial charge is 0.191 e. The van der Waals surface area contributed by atoms with E-state index in [0.29, 0.717) is 12.6 Å². The molecule has 0 saturated carbocycles. The van der Waals surface area contributed by atoms with E-state index in [9.17, 15) is 0 Å². The van der Waals surface area contributed by atoms with Crippen molar-refractivity contribution in [2.45, 2.75) is 46.1 Å². The van der Waals surface area contributed by atoms with Gasteiger partial charge in [0.05, 0.1) is 18.5 Å². The molecule has 2 unspecified atom stereocenters. The molecule has 1 aromatic carbocycles. The van der Waals surface area contributed by atoms with Crippen molar-refractivity contribution in [2.24, 2.45) is 4.99 Å². The number of aromatic nitrogens is 1. The molecular weight excluding hydrogens is 493 g/mol. The summed E-state index contributed by atoms with van der Waals surface area (Å²) in [5.74, 6) is 2.91. The fourth-order valence-corrected chi connectivity index (χ4v) is 4.01. The maximum atomic E-state index is 5.52. The summed E-state index contributed by atoms with van der Waals surface area (Å²) >= 11 is 0. The highest BCUT2D eigenvalue weighted by molar-refractivity contribution is 14.0. The van der Waals surface area contributed by atoms with Gasteiger partial charge in [-0.1, -0.05) is 24.2 Å². The van der Waals surface area contributed by atoms with E-state index in [1.165, 1.54) is 0 Å². The normalized spacial score (nSPS) is 17.4. The first kappa shape index (κ1) is 24.3. The van der Waals surface area contributed by atoms with Gasteiger partial charge >= 0.3 is 0 Å². The molecule has 2 aromatic rings. The molecule has 0 bridgehead atoms. The van der Waals surface area contributed by atoms with Crippen LogP contribution >= 0.6 is 24.0 Å². The Hall–Kier alpha value is -1.97. The number of benzene rings is 1. The van der Waals surface area contributed by atoms with Crippen LogP contribution in [0.3, 0.4) is 0 Å². The van der Waals surface area contributed by atoms with Crippen LogP contribution in [0, 0.1) is 13.8 Å². The molecule has 30 heavy (non-hydrogen) atoms. The molecule has 8 heteroatoms. The van der Waals surface area contributed by atoms with E-state index in [2.05, 4.69) is 46.7 Å². The Kier molecular flexibility index (Phi) is 9.26. The minimum atomic E-state index is 0. The second-order valence-corrected chi connectivity index (χ2v) is 7.61. The molecule has 0 amide bonds. The number of hydrogen-bond acceptors (Lipinski definition) is 5. The van der Waals surface area contributed by atoms with Gasteiger partial charge in [-0.15, -0.1) is 24.0 Å². The lowest BCUT2D eigenvalue weighted by Gasteiger charge is -2.22. The first-order chi connectivity index (χ1) is 14.0. The Morgan fingerprint density at radius 3 is 2.80 bits per heavy atom. The van der Waals surface area contributed by atoms with Crippen LogP contribution in [0.25, 0.3) is 0 Å². The summed E-state index contributed by atoms with van der Waals surface area (Å²) in [5.41, 5.74) is 3.26. The molecular formula is C22H34IN5O2. The van der Waals surface area contributed by atoms with Crippen molar-refractivity contribution in [1.82, 2.24) is 15.8 Å². The van der Waals surface area contributed by atoms with Crippen molar-refractivity contribution >= 4 is 35.6 Å². The minimum absolute atomic E-state index is 0. The van der Waals surface area contributed by atoms with E-state index >= 15 is 0 Å². The minimum Gasteiger partial charge on any atom is -0.495 e. The summed E-state index contributed by atoms with van der Waals surface area (Å²) in [4.78, 5) is 7.20. The number of nitrogens with one attached hydrogen (secondary N) is 2. The van der Waals surface area contributed by atoms with Gasteiger partial charge in [-0.05, 0) is 39.3 Å². The molecule has 1 aromatic heterocycles. The van der Waals surface area contributed by atoms with E-state index in [1.807, 2.05) is 26.0 Å². The highest BCUT2D eigenvalue weighted by Gasteiger charge is 2.25. The van der Waals surface area contributed by atoms with Crippen molar-refractivity contribution in [3.63, 3.8) is 0 Å². The maximum absolute atomic E-state index is 5.52. The third kappa shape index (κ3) is 5.80. The van der Waals surface area contributed by atoms with Gasteiger partial charge in [0.1, 0.15) is 11.5 Å². The molecule has 0 radical (unpaired) electrons. The van der Waals surface area contributed by atoms with Crippen LogP contribution in [0.1, 0.15) is 43.2 Å². The molecule has 3 rings (SSSR count). The number of aliphatic imine (C=N–C) groups is 1. The van der Waals surface area contributed by atoms with E-state index in [0.717, 1.165) is 60.5 Å². The van der Waals surface area contributed by atoms with Crippen LogP contribution in [-0.4, -0.2) is 50.4 Å². The standard InChI is InChI=1S/C22H33N5O2.HI/c1-6-23-22(24-13-15(2)21-16(3)26-29-17(21)4)25-18-11-12-27(14-18)19-9-7-8-10-20(19)28-5;/h7-10,15,18H,6,11-14H2,1-5H3,(H2,23,24,25);1H. The summed E-state index contributed by atoms with van der Waals surface area (Å²) in [6.45, 7) is 11.6. The van der Waals surface area contributed by atoms with E-state index < -0.39 is 0 Å². The first-order valence-electron chi connectivity index (χ1n) is 10.4. The summed E-state index contributed by atoms with van der Waals surface area (Å²) in [6.07, 6.45) is 1.06. The number of rotatable bonds is 7. The van der Waals surface area contributed by atoms with Gasteiger partial charge in [-0.2, -0.15) is 0 Å². The number of hydrogen-bond donors (Lipinski definition) is 2. The van der Waals surface area contributed by atoms with Crippen LogP contribution in [-0.2, 0) is 0 Å². The first-order valence-corrected chi connectivity index (χ1v) is 10.4. The van der Waals surface area contributed by atoms with Crippen LogP contribution in [0.5, 0.6) is 5.75 Å². The molecule has 0 aliphatic carbocycles. The number of nitrogens with zero attached hydrogens (tertiary/aromatic N) is 3. The highest BCUT2D eigenvalue weighted by Crippen LogP contribution is 2.30. The zero-order chi connectivity index (χ0) is 20.8. The third-order valence-electron chi connectivity index (χ3n) is 5.40. The van der Waals surface area contributed by atoms with Crippen LogP contribution < -0.4 is 20.3 Å². The van der Waals surface area contributed by atoms with Gasteiger partial charge in [0, 0.05) is 43.7 Å². The molecule has 1 saturated heterocycles. The van der Waals surface area contributed by atoms with Crippen molar-refractivity contribution in [3.8, 4) is 5.75 Å². The fourth-order valence-electron chi connectivity index (χ4n) is 4.01. The molecule has 7 nitrogen and oxygen atoms in total. The zero-order valence-electron chi connectivity index (χ0n) is 18.6. The Balaban J connectivity index is 0.00000320. The highest BCUT2D eigenvalue weighted by atomic mass is 127. The summed E-state index contributed by atoms with van der Waals surface area (Å²) in [5, 5.41) is 11.0. The zero-order valence-corrected chi connectivity index (χ0v) is 20.9. The maximum Gasteiger partial charge on any atom is 0.191 e. The summed E-state index contributed by atoms with van der Waals surface area (Å²) < 4.78 is 10.8. The molecule has 2 heterocycles. The average Bonchev–Trinajstić information content (AvgIpc) is 3.32. The average molecular weight is 527 g/mol. The van der Waals surface area contributed by atoms with Gasteiger partial charge in [-0.25, -0.2) is 0 Å². The second kappa shape index (κ2) is 11.4. The Morgan fingerprint density at radius 2 is 2.13 bits per heavy atom. The monoisotopic (exact) mass is 527 g/mol. The summed E-state index contributed by atoms with van der Waals surface area (Å²) in [6, 6.07) is 8.53. The molecule has 1 aliphatic heterocycles. The lowest BCUT2D eigenvalue weighted by atomic mass is 10.00. The fraction of sp³-hybridized carbons (Fsp3) is 0.545. The Morgan fingerprint density at radius 1 is 1.37 bits per heavy atom. The largest absolute Gasteiger partial charge is 0.495 e. The van der Waals surface area contributed by atoms with E-state index in [-0.39, 0.29) is 29.9 Å². The van der Waals surface area contributed by atoms with Crippen molar-refractivity contribution in [2.75, 3.05) is 38.2 Å². The molecule has 1 aliphatic rings. The molecule has 1 fully saturated rings. The van der Waals surface area contributed by atoms with Crippen LogP contribution in [0.2, 0.25) is 0 Å². The Bertz CT molecular complexity index is 819. The lowest BCUT2D eigenvalue weighted by Crippen LogP contribution is -2.44. The lowest BCUT2D eigenvalue weighted by molar-refractivity contribution is 0.391. The van der Waals surface area contributed by atoms with Gasteiger partial charge < -0.3 is 24.8 Å². The van der Waals surface area contributed by atoms with Crippen LogP contribution in [0.15, 0.2) is 33.8 Å². The quantitative estimate of drug-likeness (QED) is 0.324. The number of aryl methyl sites for hydroxylation is 2.